The zero-order valence-corrected chi connectivity index (χ0v) is 16.6. The number of esters is 2. The molecule has 0 unspecified atom stereocenters. The van der Waals surface area contributed by atoms with Crippen LogP contribution in [0, 0.1) is 0 Å². The number of benzene rings is 1. The van der Waals surface area contributed by atoms with Crippen LogP contribution in [0.1, 0.15) is 61.0 Å². The maximum atomic E-state index is 13.2. The molecule has 152 valence electrons. The van der Waals surface area contributed by atoms with E-state index in [1.54, 1.807) is 28.9 Å². The van der Waals surface area contributed by atoms with E-state index >= 15 is 0 Å². The topological polar surface area (TPSA) is 95.3 Å². The number of nitrogens with one attached hydrogen (secondary N) is 1. The van der Waals surface area contributed by atoms with Crippen molar-refractivity contribution >= 4 is 17.9 Å². The molecule has 0 saturated heterocycles. The number of hydrogen-bond donors (Lipinski definition) is 1. The minimum Gasteiger partial charge on any atom is -0.465 e. The molecule has 0 bridgehead atoms. The van der Waals surface area contributed by atoms with E-state index < -0.39 is 12.0 Å². The molecule has 1 atom stereocenters. The molecular weight excluding hydrogens is 372 g/mol. The van der Waals surface area contributed by atoms with Crippen molar-refractivity contribution in [3.8, 4) is 0 Å². The standard InChI is InChI=1S/C21H24N4O4/c1-13-17(20(27)29-16-6-4-3-5-7-16)18(25-21(24-13)22-12-23-25)14-8-10-15(11-9-14)19(26)28-2/h8-12,16,18H,3-7H2,1-2H3,(H,22,23,24)/t18-/m0/s1. The number of rotatable bonds is 4. The summed E-state index contributed by atoms with van der Waals surface area (Å²) in [4.78, 5) is 29.2. The summed E-state index contributed by atoms with van der Waals surface area (Å²) in [5.74, 6) is -0.198. The van der Waals surface area contributed by atoms with E-state index in [9.17, 15) is 9.59 Å². The molecule has 1 aliphatic heterocycles. The van der Waals surface area contributed by atoms with Crippen molar-refractivity contribution in [1.82, 2.24) is 14.8 Å². The lowest BCUT2D eigenvalue weighted by atomic mass is 9.94. The lowest BCUT2D eigenvalue weighted by Gasteiger charge is -2.30. The summed E-state index contributed by atoms with van der Waals surface area (Å²) in [5, 5.41) is 7.45. The summed E-state index contributed by atoms with van der Waals surface area (Å²) in [6, 6.07) is 6.47. The van der Waals surface area contributed by atoms with Crippen LogP contribution in [0.3, 0.4) is 0 Å². The molecule has 1 N–H and O–H groups in total. The highest BCUT2D eigenvalue weighted by molar-refractivity contribution is 5.93. The molecule has 8 heteroatoms. The average Bonchev–Trinajstić information content (AvgIpc) is 3.21. The molecule has 0 amide bonds. The lowest BCUT2D eigenvalue weighted by molar-refractivity contribution is -0.146. The van der Waals surface area contributed by atoms with Gasteiger partial charge >= 0.3 is 11.9 Å². The summed E-state index contributed by atoms with van der Waals surface area (Å²) in [7, 11) is 1.34. The number of aromatic nitrogens is 3. The van der Waals surface area contributed by atoms with Gasteiger partial charge in [-0.25, -0.2) is 14.3 Å². The fourth-order valence-electron chi connectivity index (χ4n) is 3.98. The van der Waals surface area contributed by atoms with E-state index in [0.717, 1.165) is 31.2 Å². The molecule has 2 heterocycles. The first kappa shape index (κ1) is 19.2. The number of carbonyl (C=O) groups is 2. The van der Waals surface area contributed by atoms with Gasteiger partial charge in [-0.05, 0) is 50.3 Å². The average molecular weight is 396 g/mol. The predicted molar refractivity (Wildman–Crippen MR) is 105 cm³/mol. The Morgan fingerprint density at radius 3 is 2.52 bits per heavy atom. The van der Waals surface area contributed by atoms with Gasteiger partial charge in [-0.2, -0.15) is 10.1 Å². The number of ether oxygens (including phenoxy) is 2. The fourth-order valence-corrected chi connectivity index (χ4v) is 3.98. The molecule has 29 heavy (non-hydrogen) atoms. The van der Waals surface area contributed by atoms with Crippen molar-refractivity contribution in [3.05, 3.63) is 53.0 Å². The number of hydrogen-bond acceptors (Lipinski definition) is 7. The third-order valence-corrected chi connectivity index (χ3v) is 5.49. The summed E-state index contributed by atoms with van der Waals surface area (Å²) < 4.78 is 12.3. The summed E-state index contributed by atoms with van der Waals surface area (Å²) >= 11 is 0. The lowest BCUT2D eigenvalue weighted by Crippen LogP contribution is -2.32. The molecule has 1 aromatic heterocycles. The highest BCUT2D eigenvalue weighted by Crippen LogP contribution is 2.36. The van der Waals surface area contributed by atoms with E-state index in [4.69, 9.17) is 9.47 Å². The Morgan fingerprint density at radius 1 is 1.10 bits per heavy atom. The van der Waals surface area contributed by atoms with E-state index in [1.807, 2.05) is 6.92 Å². The highest BCUT2D eigenvalue weighted by atomic mass is 16.5. The number of anilines is 1. The number of methoxy groups -OCH3 is 1. The first-order valence-corrected chi connectivity index (χ1v) is 9.85. The van der Waals surface area contributed by atoms with Gasteiger partial charge in [-0.15, -0.1) is 0 Å². The van der Waals surface area contributed by atoms with E-state index in [-0.39, 0.29) is 12.1 Å². The smallest absolute Gasteiger partial charge is 0.338 e. The molecule has 8 nitrogen and oxygen atoms in total. The molecule has 1 saturated carbocycles. The minimum absolute atomic E-state index is 0.0453. The molecule has 0 radical (unpaired) electrons. The number of allylic oxidation sites excluding steroid dienone is 1. The van der Waals surface area contributed by atoms with Crippen molar-refractivity contribution in [1.29, 1.82) is 0 Å². The van der Waals surface area contributed by atoms with E-state index in [1.165, 1.54) is 19.9 Å². The molecule has 1 aromatic carbocycles. The maximum Gasteiger partial charge on any atom is 0.338 e. The van der Waals surface area contributed by atoms with Crippen LogP contribution in [0.5, 0.6) is 0 Å². The van der Waals surface area contributed by atoms with Gasteiger partial charge in [-0.3, -0.25) is 0 Å². The molecule has 1 fully saturated rings. The Morgan fingerprint density at radius 2 is 1.83 bits per heavy atom. The normalized spacial score (nSPS) is 19.3. The number of carbonyl (C=O) groups excluding carboxylic acids is 2. The Bertz CT molecular complexity index is 942. The van der Waals surface area contributed by atoms with Crippen LogP contribution in [-0.4, -0.2) is 39.9 Å². The quantitative estimate of drug-likeness (QED) is 0.793. The van der Waals surface area contributed by atoms with Crippen molar-refractivity contribution in [3.63, 3.8) is 0 Å². The first-order chi connectivity index (χ1) is 14.1. The Labute approximate surface area is 168 Å². The van der Waals surface area contributed by atoms with Crippen molar-refractivity contribution in [2.75, 3.05) is 12.4 Å². The molecular formula is C21H24N4O4. The number of fused-ring (bicyclic) bond motifs is 1. The van der Waals surface area contributed by atoms with Crippen LogP contribution < -0.4 is 5.32 Å². The summed E-state index contributed by atoms with van der Waals surface area (Å²) in [6.07, 6.45) is 6.56. The van der Waals surface area contributed by atoms with Gasteiger partial charge in [0.25, 0.3) is 0 Å². The van der Waals surface area contributed by atoms with Crippen LogP contribution in [0.2, 0.25) is 0 Å². The second-order valence-electron chi connectivity index (χ2n) is 7.37. The minimum atomic E-state index is -0.489. The third-order valence-electron chi connectivity index (χ3n) is 5.49. The summed E-state index contributed by atoms with van der Waals surface area (Å²) in [6.45, 7) is 1.84. The molecule has 0 spiro atoms. The SMILES string of the molecule is COC(=O)c1ccc([C@H]2C(C(=O)OC3CCCCC3)=C(C)Nc3ncnn32)cc1. The summed E-state index contributed by atoms with van der Waals surface area (Å²) in [5.41, 5.74) is 2.43. The van der Waals surface area contributed by atoms with Crippen molar-refractivity contribution < 1.29 is 19.1 Å². The molecule has 4 rings (SSSR count). The van der Waals surface area contributed by atoms with Crippen LogP contribution in [0.25, 0.3) is 0 Å². The Hall–Kier alpha value is -3.16. The van der Waals surface area contributed by atoms with Gasteiger partial charge in [-0.1, -0.05) is 18.6 Å². The van der Waals surface area contributed by atoms with Gasteiger partial charge in [0.15, 0.2) is 0 Å². The highest BCUT2D eigenvalue weighted by Gasteiger charge is 2.35. The van der Waals surface area contributed by atoms with Crippen molar-refractivity contribution in [2.24, 2.45) is 0 Å². The van der Waals surface area contributed by atoms with Gasteiger partial charge < -0.3 is 14.8 Å². The molecule has 1 aliphatic carbocycles. The first-order valence-electron chi connectivity index (χ1n) is 9.85. The maximum absolute atomic E-state index is 13.2. The Balaban J connectivity index is 1.68. The van der Waals surface area contributed by atoms with Crippen LogP contribution in [0.4, 0.5) is 5.95 Å². The van der Waals surface area contributed by atoms with Gasteiger partial charge in [0, 0.05) is 5.70 Å². The van der Waals surface area contributed by atoms with E-state index in [0.29, 0.717) is 22.8 Å². The fraction of sp³-hybridized carbons (Fsp3) is 0.429. The predicted octanol–water partition coefficient (Wildman–Crippen LogP) is 3.23. The van der Waals surface area contributed by atoms with Gasteiger partial charge in [0.1, 0.15) is 18.5 Å². The largest absolute Gasteiger partial charge is 0.465 e. The third kappa shape index (κ3) is 3.74. The van der Waals surface area contributed by atoms with Crippen LogP contribution in [-0.2, 0) is 14.3 Å². The van der Waals surface area contributed by atoms with Gasteiger partial charge in [0.2, 0.25) is 5.95 Å². The zero-order valence-electron chi connectivity index (χ0n) is 16.6. The van der Waals surface area contributed by atoms with Crippen LogP contribution in [0.15, 0.2) is 41.9 Å². The monoisotopic (exact) mass is 396 g/mol. The zero-order chi connectivity index (χ0) is 20.4. The van der Waals surface area contributed by atoms with Crippen LogP contribution >= 0.6 is 0 Å². The molecule has 2 aliphatic rings. The molecule has 2 aromatic rings. The van der Waals surface area contributed by atoms with Crippen molar-refractivity contribution in [2.45, 2.75) is 51.2 Å². The number of nitrogens with zero attached hydrogens (tertiary/aromatic N) is 3. The second kappa shape index (κ2) is 8.06. The second-order valence-corrected chi connectivity index (χ2v) is 7.37. The van der Waals surface area contributed by atoms with E-state index in [2.05, 4.69) is 15.4 Å². The Kier molecular flexibility index (Phi) is 5.33. The van der Waals surface area contributed by atoms with Gasteiger partial charge in [0.05, 0.1) is 18.2 Å².